The molecule has 2 bridgehead atoms. The molecule has 2 aliphatic rings. The summed E-state index contributed by atoms with van der Waals surface area (Å²) in [7, 11) is 0. The Labute approximate surface area is 155 Å². The maximum absolute atomic E-state index is 11.7. The van der Waals surface area contributed by atoms with Crippen LogP contribution in [0, 0.1) is 5.21 Å². The van der Waals surface area contributed by atoms with Crippen LogP contribution in [0.25, 0.3) is 17.3 Å². The summed E-state index contributed by atoms with van der Waals surface area (Å²) in [6.45, 7) is 6.06. The van der Waals surface area contributed by atoms with Crippen LogP contribution in [0.2, 0.25) is 0 Å². The van der Waals surface area contributed by atoms with Crippen LogP contribution in [0.4, 0.5) is 0 Å². The van der Waals surface area contributed by atoms with Gasteiger partial charge >= 0.3 is 0 Å². The molecule has 0 radical (unpaired) electrons. The molecule has 9 nitrogen and oxygen atoms in total. The molecule has 0 amide bonds. The number of nitrogens with zero attached hydrogens (tertiary/aromatic N) is 6. The maximum Gasteiger partial charge on any atom is 0.232 e. The lowest BCUT2D eigenvalue weighted by Gasteiger charge is -2.21. The molecule has 2 unspecified atom stereocenters. The van der Waals surface area contributed by atoms with Crippen molar-refractivity contribution in [2.45, 2.75) is 57.7 Å². The van der Waals surface area contributed by atoms with Gasteiger partial charge in [0.25, 0.3) is 0 Å². The molecule has 1 saturated heterocycles. The van der Waals surface area contributed by atoms with Crippen molar-refractivity contribution in [1.29, 1.82) is 0 Å². The third-order valence-electron chi connectivity index (χ3n) is 5.03. The van der Waals surface area contributed by atoms with Crippen molar-refractivity contribution in [2.75, 3.05) is 0 Å². The van der Waals surface area contributed by atoms with E-state index in [-0.39, 0.29) is 17.6 Å². The van der Waals surface area contributed by atoms with Gasteiger partial charge in [-0.2, -0.15) is 14.8 Å². The molecule has 1 fully saturated rings. The van der Waals surface area contributed by atoms with Crippen molar-refractivity contribution >= 4 is 0 Å². The molecule has 27 heavy (non-hydrogen) atoms. The normalized spacial score (nSPS) is 21.4. The monoisotopic (exact) mass is 368 g/mol. The average Bonchev–Trinajstić information content (AvgIpc) is 3.32. The van der Waals surface area contributed by atoms with Gasteiger partial charge in [-0.3, -0.25) is 0 Å². The van der Waals surface area contributed by atoms with E-state index in [1.165, 1.54) is 18.6 Å². The fourth-order valence-electron chi connectivity index (χ4n) is 3.73. The van der Waals surface area contributed by atoms with Crippen LogP contribution in [0.15, 0.2) is 23.1 Å². The standard InChI is InChI=1S/C18H20N6O3/c1-18(2,3)17-20-16(22-27-17)14-11-8-10-4-5-12(26-10)15(11)24(21-14)13-9-23(25)7-6-19-13/h6-7,9-10,12H,4-5,8H2,1-3H3. The molecule has 0 aromatic carbocycles. The Morgan fingerprint density at radius 3 is 2.89 bits per heavy atom. The van der Waals surface area contributed by atoms with Gasteiger partial charge in [0.15, 0.2) is 6.20 Å². The van der Waals surface area contributed by atoms with E-state index in [1.807, 2.05) is 20.8 Å². The number of aromatic nitrogens is 6. The van der Waals surface area contributed by atoms with Crippen molar-refractivity contribution in [2.24, 2.45) is 0 Å². The molecule has 2 aliphatic heterocycles. The van der Waals surface area contributed by atoms with E-state index in [4.69, 9.17) is 14.4 Å². The molecule has 3 aromatic rings. The van der Waals surface area contributed by atoms with Gasteiger partial charge in [0.05, 0.1) is 18.0 Å². The van der Waals surface area contributed by atoms with Crippen LogP contribution in [-0.2, 0) is 16.6 Å². The molecular formula is C18H20N6O3. The van der Waals surface area contributed by atoms with E-state index in [1.54, 1.807) is 4.68 Å². The van der Waals surface area contributed by atoms with Crippen LogP contribution in [0.3, 0.4) is 0 Å². The van der Waals surface area contributed by atoms with Gasteiger partial charge in [-0.05, 0) is 12.8 Å². The zero-order valence-electron chi connectivity index (χ0n) is 15.4. The van der Waals surface area contributed by atoms with Crippen molar-refractivity contribution < 1.29 is 14.0 Å². The van der Waals surface area contributed by atoms with Crippen LogP contribution in [-0.4, -0.2) is 31.0 Å². The van der Waals surface area contributed by atoms with E-state index in [9.17, 15) is 5.21 Å². The molecule has 5 heterocycles. The minimum atomic E-state index is -0.245. The summed E-state index contributed by atoms with van der Waals surface area (Å²) < 4.78 is 14.0. The molecule has 2 atom stereocenters. The summed E-state index contributed by atoms with van der Waals surface area (Å²) in [6, 6.07) is 0. The Hall–Kier alpha value is -2.81. The van der Waals surface area contributed by atoms with Gasteiger partial charge in [0.2, 0.25) is 23.7 Å². The Morgan fingerprint density at radius 1 is 1.30 bits per heavy atom. The molecular weight excluding hydrogens is 348 g/mol. The highest BCUT2D eigenvalue weighted by atomic mass is 16.5. The first-order valence-electron chi connectivity index (χ1n) is 9.07. The Morgan fingerprint density at radius 2 is 2.15 bits per heavy atom. The van der Waals surface area contributed by atoms with Crippen molar-refractivity contribution in [3.8, 4) is 17.3 Å². The Kier molecular flexibility index (Phi) is 3.39. The van der Waals surface area contributed by atoms with Crippen molar-refractivity contribution in [3.63, 3.8) is 0 Å². The van der Waals surface area contributed by atoms with Crippen molar-refractivity contribution in [3.05, 3.63) is 40.9 Å². The van der Waals surface area contributed by atoms with Crippen LogP contribution in [0.1, 0.15) is 56.9 Å². The third kappa shape index (κ3) is 2.61. The SMILES string of the molecule is CC(C)(C)c1nc(-c2nn(-c3c[n+]([O-])ccn3)c3c2CC2CCC3O2)no1. The fraction of sp³-hybridized carbons (Fsp3) is 0.500. The second-order valence-corrected chi connectivity index (χ2v) is 8.10. The summed E-state index contributed by atoms with van der Waals surface area (Å²) in [5.74, 6) is 1.47. The molecule has 0 N–H and O–H groups in total. The van der Waals surface area contributed by atoms with E-state index in [0.717, 1.165) is 30.5 Å². The molecule has 0 saturated carbocycles. The Bertz CT molecular complexity index is 1020. The third-order valence-corrected chi connectivity index (χ3v) is 5.03. The summed E-state index contributed by atoms with van der Waals surface area (Å²) in [4.78, 5) is 8.88. The number of fused-ring (bicyclic) bond motifs is 4. The first kappa shape index (κ1) is 16.4. The first-order valence-corrected chi connectivity index (χ1v) is 9.07. The lowest BCUT2D eigenvalue weighted by atomic mass is 9.97. The predicted molar refractivity (Wildman–Crippen MR) is 92.9 cm³/mol. The lowest BCUT2D eigenvalue weighted by molar-refractivity contribution is -0.605. The second-order valence-electron chi connectivity index (χ2n) is 8.10. The van der Waals surface area contributed by atoms with Gasteiger partial charge in [0, 0.05) is 17.4 Å². The van der Waals surface area contributed by atoms with Gasteiger partial charge in [-0.25, -0.2) is 9.67 Å². The van der Waals surface area contributed by atoms with Crippen molar-refractivity contribution in [1.82, 2.24) is 24.9 Å². The molecule has 9 heteroatoms. The van der Waals surface area contributed by atoms with Gasteiger partial charge in [-0.15, -0.1) is 0 Å². The zero-order valence-corrected chi connectivity index (χ0v) is 15.4. The van der Waals surface area contributed by atoms with Gasteiger partial charge in [-0.1, -0.05) is 25.9 Å². The largest absolute Gasteiger partial charge is 0.619 e. The molecule has 5 rings (SSSR count). The van der Waals surface area contributed by atoms with E-state index >= 15 is 0 Å². The molecule has 0 aliphatic carbocycles. The smallest absolute Gasteiger partial charge is 0.232 e. The summed E-state index contributed by atoms with van der Waals surface area (Å²) in [6.07, 6.45) is 6.99. The van der Waals surface area contributed by atoms with Crippen LogP contribution < -0.4 is 4.73 Å². The molecule has 3 aromatic heterocycles. The highest BCUT2D eigenvalue weighted by Crippen LogP contribution is 2.44. The zero-order chi connectivity index (χ0) is 18.8. The van der Waals surface area contributed by atoms with Crippen LogP contribution >= 0.6 is 0 Å². The molecule has 0 spiro atoms. The number of hydrogen-bond donors (Lipinski definition) is 0. The predicted octanol–water partition coefficient (Wildman–Crippen LogP) is 2.02. The minimum Gasteiger partial charge on any atom is -0.619 e. The van der Waals surface area contributed by atoms with Gasteiger partial charge in [0.1, 0.15) is 11.8 Å². The summed E-state index contributed by atoms with van der Waals surface area (Å²) in [5.41, 5.74) is 2.41. The topological polar surface area (TPSA) is 106 Å². The molecule has 140 valence electrons. The maximum atomic E-state index is 11.7. The van der Waals surface area contributed by atoms with Crippen LogP contribution in [0.5, 0.6) is 0 Å². The quantitative estimate of drug-likeness (QED) is 0.503. The van der Waals surface area contributed by atoms with E-state index in [2.05, 4.69) is 15.1 Å². The number of rotatable bonds is 2. The fourth-order valence-corrected chi connectivity index (χ4v) is 3.73. The highest BCUT2D eigenvalue weighted by molar-refractivity contribution is 5.58. The summed E-state index contributed by atoms with van der Waals surface area (Å²) in [5, 5.41) is 20.6. The highest BCUT2D eigenvalue weighted by Gasteiger charge is 2.40. The number of hydrogen-bond acceptors (Lipinski definition) is 7. The summed E-state index contributed by atoms with van der Waals surface area (Å²) >= 11 is 0. The van der Waals surface area contributed by atoms with E-state index < -0.39 is 0 Å². The second kappa shape index (κ2) is 5.59. The minimum absolute atomic E-state index is 0.0592. The Balaban J connectivity index is 1.69. The average molecular weight is 368 g/mol. The van der Waals surface area contributed by atoms with E-state index in [0.29, 0.717) is 28.0 Å². The first-order chi connectivity index (χ1) is 12.9. The van der Waals surface area contributed by atoms with Gasteiger partial charge < -0.3 is 14.5 Å². The lowest BCUT2D eigenvalue weighted by Crippen LogP contribution is -2.27. The number of ether oxygens (including phenoxy) is 1.